The van der Waals surface area contributed by atoms with Crippen LogP contribution >= 0.6 is 0 Å². The molecule has 31 heavy (non-hydrogen) atoms. The summed E-state index contributed by atoms with van der Waals surface area (Å²) in [6, 6.07) is 25.9. The first-order valence-electron chi connectivity index (χ1n) is 10.1. The van der Waals surface area contributed by atoms with Gasteiger partial charge >= 0.3 is 5.91 Å². The molecule has 5 aromatic rings. The first-order chi connectivity index (χ1) is 15.1. The highest BCUT2D eigenvalue weighted by Gasteiger charge is 2.14. The molecule has 5 heteroatoms. The zero-order valence-electron chi connectivity index (χ0n) is 17.3. The highest BCUT2D eigenvalue weighted by molar-refractivity contribution is 6.08. The number of aromatic nitrogens is 1. The monoisotopic (exact) mass is 407 g/mol. The van der Waals surface area contributed by atoms with Gasteiger partial charge in [0.2, 0.25) is 0 Å². The van der Waals surface area contributed by atoms with Crippen molar-refractivity contribution < 1.29 is 9.21 Å². The second kappa shape index (κ2) is 7.61. The van der Waals surface area contributed by atoms with Crippen LogP contribution in [0.2, 0.25) is 0 Å². The van der Waals surface area contributed by atoms with Crippen molar-refractivity contribution >= 4 is 33.9 Å². The fourth-order valence-corrected chi connectivity index (χ4v) is 4.01. The molecule has 0 unspecified atom stereocenters. The van der Waals surface area contributed by atoms with Crippen LogP contribution in [0.15, 0.2) is 88.4 Å². The Hall–Kier alpha value is -4.12. The zero-order valence-corrected chi connectivity index (χ0v) is 17.3. The number of benzene rings is 3. The third kappa shape index (κ3) is 3.40. The zero-order chi connectivity index (χ0) is 21.4. The molecule has 0 bridgehead atoms. The molecule has 0 fully saturated rings. The topological polar surface area (TPSA) is 59.5 Å². The molecule has 0 spiro atoms. The van der Waals surface area contributed by atoms with Crippen molar-refractivity contribution in [3.63, 3.8) is 0 Å². The van der Waals surface area contributed by atoms with E-state index in [1.165, 1.54) is 0 Å². The van der Waals surface area contributed by atoms with Gasteiger partial charge in [-0.25, -0.2) is 5.43 Å². The number of para-hydroxylation sites is 1. The number of furan rings is 1. The van der Waals surface area contributed by atoms with Crippen LogP contribution in [0.4, 0.5) is 0 Å². The van der Waals surface area contributed by atoms with E-state index in [9.17, 15) is 4.79 Å². The normalized spacial score (nSPS) is 11.5. The molecular formula is C26H21N3O2. The van der Waals surface area contributed by atoms with Crippen LogP contribution in [0, 0.1) is 13.8 Å². The molecule has 1 amide bonds. The first kappa shape index (κ1) is 18.9. The lowest BCUT2D eigenvalue weighted by Gasteiger charge is -2.08. The van der Waals surface area contributed by atoms with Gasteiger partial charge in [0, 0.05) is 28.0 Å². The molecule has 2 heterocycles. The van der Waals surface area contributed by atoms with Gasteiger partial charge < -0.3 is 8.98 Å². The third-order valence-electron chi connectivity index (χ3n) is 5.50. The molecule has 5 rings (SSSR count). The van der Waals surface area contributed by atoms with E-state index in [4.69, 9.17) is 4.42 Å². The van der Waals surface area contributed by atoms with Gasteiger partial charge in [-0.1, -0.05) is 48.5 Å². The Kier molecular flexibility index (Phi) is 4.64. The molecule has 3 aromatic carbocycles. The number of rotatable bonds is 4. The van der Waals surface area contributed by atoms with E-state index >= 15 is 0 Å². The van der Waals surface area contributed by atoms with Gasteiger partial charge in [0.05, 0.1) is 6.21 Å². The lowest BCUT2D eigenvalue weighted by atomic mass is 10.1. The molecule has 0 saturated heterocycles. The molecule has 0 saturated carbocycles. The molecule has 152 valence electrons. The summed E-state index contributed by atoms with van der Waals surface area (Å²) in [5.74, 6) is -0.147. The van der Waals surface area contributed by atoms with Crippen LogP contribution in [-0.4, -0.2) is 16.7 Å². The Balaban J connectivity index is 1.38. The minimum absolute atomic E-state index is 0.235. The van der Waals surface area contributed by atoms with Crippen molar-refractivity contribution in [2.24, 2.45) is 5.10 Å². The van der Waals surface area contributed by atoms with E-state index < -0.39 is 0 Å². The van der Waals surface area contributed by atoms with E-state index in [0.717, 1.165) is 38.8 Å². The number of aryl methyl sites for hydroxylation is 1. The number of hydrogen-bond acceptors (Lipinski definition) is 3. The summed E-state index contributed by atoms with van der Waals surface area (Å²) in [5, 5.41) is 7.24. The second-order valence-electron chi connectivity index (χ2n) is 7.51. The molecular weight excluding hydrogens is 386 g/mol. The van der Waals surface area contributed by atoms with Crippen molar-refractivity contribution in [2.45, 2.75) is 13.8 Å². The molecule has 0 aliphatic rings. The number of amides is 1. The number of hydrogen-bond donors (Lipinski definition) is 1. The van der Waals surface area contributed by atoms with Gasteiger partial charge in [0.15, 0.2) is 5.76 Å². The van der Waals surface area contributed by atoms with Crippen molar-refractivity contribution in [2.75, 3.05) is 0 Å². The maximum Gasteiger partial charge on any atom is 0.307 e. The average molecular weight is 407 g/mol. The van der Waals surface area contributed by atoms with E-state index in [2.05, 4.69) is 34.2 Å². The summed E-state index contributed by atoms with van der Waals surface area (Å²) in [5.41, 5.74) is 7.45. The number of carbonyl (C=O) groups excluding carboxylic acids is 1. The van der Waals surface area contributed by atoms with E-state index in [1.807, 2.05) is 67.6 Å². The van der Waals surface area contributed by atoms with Crippen LogP contribution in [0.1, 0.15) is 27.5 Å². The highest BCUT2D eigenvalue weighted by atomic mass is 16.3. The smallest absolute Gasteiger partial charge is 0.307 e. The maximum atomic E-state index is 12.6. The van der Waals surface area contributed by atoms with E-state index in [-0.39, 0.29) is 11.7 Å². The van der Waals surface area contributed by atoms with Crippen molar-refractivity contribution in [3.05, 3.63) is 102 Å². The summed E-state index contributed by atoms with van der Waals surface area (Å²) in [7, 11) is 0. The average Bonchev–Trinajstić information content (AvgIpc) is 3.35. The fourth-order valence-electron chi connectivity index (χ4n) is 4.01. The second-order valence-corrected chi connectivity index (χ2v) is 7.51. The minimum Gasteiger partial charge on any atom is -0.451 e. The number of carbonyl (C=O) groups is 1. The molecule has 0 atom stereocenters. The first-order valence-corrected chi connectivity index (χ1v) is 10.1. The summed E-state index contributed by atoms with van der Waals surface area (Å²) in [6.45, 7) is 4.09. The number of nitrogens with one attached hydrogen (secondary N) is 1. The summed E-state index contributed by atoms with van der Waals surface area (Å²) in [6.07, 6.45) is 1.66. The van der Waals surface area contributed by atoms with Gasteiger partial charge in [-0.3, -0.25) is 4.79 Å². The van der Waals surface area contributed by atoms with Crippen LogP contribution in [0.5, 0.6) is 0 Å². The van der Waals surface area contributed by atoms with Gasteiger partial charge in [-0.15, -0.1) is 0 Å². The Labute approximate surface area is 179 Å². The summed E-state index contributed by atoms with van der Waals surface area (Å²) < 4.78 is 7.92. The van der Waals surface area contributed by atoms with Gasteiger partial charge in [0.1, 0.15) is 5.58 Å². The Morgan fingerprint density at radius 2 is 1.71 bits per heavy atom. The molecule has 0 radical (unpaired) electrons. The van der Waals surface area contributed by atoms with Crippen LogP contribution in [0.3, 0.4) is 0 Å². The molecule has 0 aliphatic carbocycles. The SMILES string of the molecule is Cc1cc(C=NNC(=O)c2cc3c(ccc4ccccc43)o2)c(C)n1-c1ccccc1. The van der Waals surface area contributed by atoms with Crippen molar-refractivity contribution in [1.29, 1.82) is 0 Å². The lowest BCUT2D eigenvalue weighted by molar-refractivity contribution is 0.0929. The van der Waals surface area contributed by atoms with Crippen LogP contribution in [0.25, 0.3) is 27.4 Å². The molecule has 2 aromatic heterocycles. The van der Waals surface area contributed by atoms with Gasteiger partial charge in [-0.2, -0.15) is 5.10 Å². The fraction of sp³-hybridized carbons (Fsp3) is 0.0769. The lowest BCUT2D eigenvalue weighted by Crippen LogP contribution is -2.16. The van der Waals surface area contributed by atoms with Crippen molar-refractivity contribution in [3.8, 4) is 5.69 Å². The molecule has 0 aliphatic heterocycles. The van der Waals surface area contributed by atoms with Gasteiger partial charge in [-0.05, 0) is 55.0 Å². The Morgan fingerprint density at radius 1 is 0.935 bits per heavy atom. The largest absolute Gasteiger partial charge is 0.451 e. The highest BCUT2D eigenvalue weighted by Crippen LogP contribution is 2.28. The maximum absolute atomic E-state index is 12.6. The third-order valence-corrected chi connectivity index (χ3v) is 5.50. The van der Waals surface area contributed by atoms with Crippen LogP contribution in [-0.2, 0) is 0 Å². The Morgan fingerprint density at radius 3 is 2.55 bits per heavy atom. The van der Waals surface area contributed by atoms with Crippen LogP contribution < -0.4 is 5.43 Å². The predicted molar refractivity (Wildman–Crippen MR) is 124 cm³/mol. The predicted octanol–water partition coefficient (Wildman–Crippen LogP) is 5.76. The molecule has 1 N–H and O–H groups in total. The van der Waals surface area contributed by atoms with Gasteiger partial charge in [0.25, 0.3) is 0 Å². The minimum atomic E-state index is -0.381. The number of hydrazone groups is 1. The standard InChI is InChI=1S/C26H21N3O2/c1-17-14-20(18(2)29(17)21-9-4-3-5-10-21)16-27-28-26(30)25-15-23-22-11-7-6-8-19(22)12-13-24(23)31-25/h3-16H,1-2H3,(H,28,30). The summed E-state index contributed by atoms with van der Waals surface area (Å²) >= 11 is 0. The number of nitrogens with zero attached hydrogens (tertiary/aromatic N) is 2. The number of fused-ring (bicyclic) bond motifs is 3. The summed E-state index contributed by atoms with van der Waals surface area (Å²) in [4.78, 5) is 12.6. The quantitative estimate of drug-likeness (QED) is 0.304. The Bertz CT molecular complexity index is 1440. The van der Waals surface area contributed by atoms with Crippen molar-refractivity contribution in [1.82, 2.24) is 9.99 Å². The van der Waals surface area contributed by atoms with E-state index in [1.54, 1.807) is 12.3 Å². The van der Waals surface area contributed by atoms with E-state index in [0.29, 0.717) is 5.58 Å². The molecule has 5 nitrogen and oxygen atoms in total.